The molecule has 2 heterocycles. The Bertz CT molecular complexity index is 567. The van der Waals surface area contributed by atoms with E-state index in [-0.39, 0.29) is 12.5 Å². The van der Waals surface area contributed by atoms with Gasteiger partial charge in [0.1, 0.15) is 11.6 Å². The van der Waals surface area contributed by atoms with E-state index in [0.29, 0.717) is 36.8 Å². The van der Waals surface area contributed by atoms with Gasteiger partial charge in [0.2, 0.25) is 0 Å². The highest BCUT2D eigenvalue weighted by atomic mass is 16.5. The van der Waals surface area contributed by atoms with Gasteiger partial charge in [-0.2, -0.15) is 10.4 Å². The molecule has 20 heavy (non-hydrogen) atoms. The van der Waals surface area contributed by atoms with E-state index < -0.39 is 5.97 Å². The minimum absolute atomic E-state index is 0.0561. The number of ether oxygens (including phenoxy) is 1. The highest BCUT2D eigenvalue weighted by Gasteiger charge is 2.29. The number of aromatic nitrogens is 2. The van der Waals surface area contributed by atoms with Crippen molar-refractivity contribution in [3.8, 4) is 6.07 Å². The van der Waals surface area contributed by atoms with Crippen LogP contribution in [0.25, 0.3) is 0 Å². The summed E-state index contributed by atoms with van der Waals surface area (Å²) >= 11 is 0. The molecule has 1 aromatic heterocycles. The van der Waals surface area contributed by atoms with Crippen LogP contribution >= 0.6 is 0 Å². The van der Waals surface area contributed by atoms with Crippen LogP contribution < -0.4 is 4.90 Å². The van der Waals surface area contributed by atoms with Crippen molar-refractivity contribution >= 4 is 11.8 Å². The maximum absolute atomic E-state index is 10.9. The van der Waals surface area contributed by atoms with Gasteiger partial charge in [0.05, 0.1) is 31.4 Å². The van der Waals surface area contributed by atoms with Gasteiger partial charge in [0, 0.05) is 6.54 Å². The Kier molecular flexibility index (Phi) is 4.15. The Morgan fingerprint density at radius 1 is 1.55 bits per heavy atom. The van der Waals surface area contributed by atoms with E-state index >= 15 is 0 Å². The lowest BCUT2D eigenvalue weighted by Gasteiger charge is -2.36. The molecule has 0 saturated carbocycles. The van der Waals surface area contributed by atoms with Crippen LogP contribution in [0, 0.1) is 25.2 Å². The summed E-state index contributed by atoms with van der Waals surface area (Å²) in [4.78, 5) is 12.8. The largest absolute Gasteiger partial charge is 0.481 e. The predicted molar refractivity (Wildman–Crippen MR) is 70.4 cm³/mol. The summed E-state index contributed by atoms with van der Waals surface area (Å²) < 4.78 is 5.33. The molecule has 106 valence electrons. The number of nitrogens with zero attached hydrogens (tertiary/aromatic N) is 4. The van der Waals surface area contributed by atoms with Crippen molar-refractivity contribution in [2.45, 2.75) is 26.3 Å². The van der Waals surface area contributed by atoms with Crippen LogP contribution in [0.5, 0.6) is 0 Å². The molecule has 0 aromatic carbocycles. The minimum atomic E-state index is -0.902. The zero-order valence-electron chi connectivity index (χ0n) is 11.5. The van der Waals surface area contributed by atoms with Crippen molar-refractivity contribution < 1.29 is 14.6 Å². The van der Waals surface area contributed by atoms with Crippen molar-refractivity contribution in [1.82, 2.24) is 10.2 Å². The molecule has 2 rings (SSSR count). The maximum atomic E-state index is 10.9. The van der Waals surface area contributed by atoms with Crippen molar-refractivity contribution in [3.63, 3.8) is 0 Å². The van der Waals surface area contributed by atoms with Gasteiger partial charge in [-0.05, 0) is 19.4 Å². The van der Waals surface area contributed by atoms with Crippen molar-refractivity contribution in [2.24, 2.45) is 0 Å². The Morgan fingerprint density at radius 3 is 2.95 bits per heavy atom. The number of morpholine rings is 1. The fourth-order valence-corrected chi connectivity index (χ4v) is 2.24. The molecule has 1 aliphatic heterocycles. The summed E-state index contributed by atoms with van der Waals surface area (Å²) in [5.74, 6) is -0.453. The second-order valence-electron chi connectivity index (χ2n) is 4.74. The smallest absolute Gasteiger partial charge is 0.305 e. The summed E-state index contributed by atoms with van der Waals surface area (Å²) in [6.07, 6.45) is -0.0561. The van der Waals surface area contributed by atoms with Crippen LogP contribution in [0.2, 0.25) is 0 Å². The molecule has 1 atom stereocenters. The molecule has 1 aliphatic rings. The lowest BCUT2D eigenvalue weighted by atomic mass is 10.1. The van der Waals surface area contributed by atoms with E-state index in [0.717, 1.165) is 5.56 Å². The number of carboxylic acids is 1. The molecular weight excluding hydrogens is 260 g/mol. The van der Waals surface area contributed by atoms with Crippen LogP contribution in [0.3, 0.4) is 0 Å². The first-order valence-corrected chi connectivity index (χ1v) is 6.34. The number of carbonyl (C=O) groups is 1. The predicted octanol–water partition coefficient (Wildman–Crippen LogP) is 0.645. The molecule has 0 amide bonds. The highest BCUT2D eigenvalue weighted by molar-refractivity contribution is 5.69. The van der Waals surface area contributed by atoms with E-state index in [2.05, 4.69) is 16.3 Å². The number of hydrogen-bond acceptors (Lipinski definition) is 6. The summed E-state index contributed by atoms with van der Waals surface area (Å²) in [7, 11) is 0. The van der Waals surface area contributed by atoms with E-state index in [1.54, 1.807) is 6.92 Å². The van der Waals surface area contributed by atoms with E-state index in [4.69, 9.17) is 9.84 Å². The quantitative estimate of drug-likeness (QED) is 0.864. The lowest BCUT2D eigenvalue weighted by Crippen LogP contribution is -2.47. The minimum Gasteiger partial charge on any atom is -0.481 e. The topological polar surface area (TPSA) is 99.3 Å². The number of nitriles is 1. The first-order chi connectivity index (χ1) is 9.54. The lowest BCUT2D eigenvalue weighted by molar-refractivity contribution is -0.138. The normalized spacial score (nSPS) is 18.6. The molecule has 0 bridgehead atoms. The monoisotopic (exact) mass is 276 g/mol. The number of hydrogen-bond donors (Lipinski definition) is 1. The summed E-state index contributed by atoms with van der Waals surface area (Å²) in [6, 6.07) is 1.81. The van der Waals surface area contributed by atoms with Gasteiger partial charge in [-0.15, -0.1) is 5.10 Å². The fourth-order valence-electron chi connectivity index (χ4n) is 2.24. The molecule has 1 aromatic rings. The van der Waals surface area contributed by atoms with Crippen molar-refractivity contribution in [2.75, 3.05) is 24.7 Å². The molecule has 1 unspecified atom stereocenters. The second kappa shape index (κ2) is 5.84. The molecule has 0 aliphatic carbocycles. The average molecular weight is 276 g/mol. The van der Waals surface area contributed by atoms with Crippen LogP contribution in [-0.2, 0) is 9.53 Å². The van der Waals surface area contributed by atoms with E-state index in [1.807, 2.05) is 11.8 Å². The molecule has 1 fully saturated rings. The van der Waals surface area contributed by atoms with Gasteiger partial charge in [-0.1, -0.05) is 0 Å². The van der Waals surface area contributed by atoms with Crippen LogP contribution in [-0.4, -0.2) is 47.1 Å². The number of anilines is 1. The van der Waals surface area contributed by atoms with Gasteiger partial charge in [-0.3, -0.25) is 4.79 Å². The van der Waals surface area contributed by atoms with Gasteiger partial charge >= 0.3 is 5.97 Å². The zero-order chi connectivity index (χ0) is 14.7. The third kappa shape index (κ3) is 2.70. The molecule has 0 spiro atoms. The van der Waals surface area contributed by atoms with Gasteiger partial charge in [-0.25, -0.2) is 0 Å². The molecule has 0 radical (unpaired) electrons. The van der Waals surface area contributed by atoms with Crippen LogP contribution in [0.4, 0.5) is 5.82 Å². The molecular formula is C13H16N4O3. The Balaban J connectivity index is 2.40. The first kappa shape index (κ1) is 14.2. The number of aliphatic carboxylic acids is 1. The van der Waals surface area contributed by atoms with Crippen LogP contribution in [0.15, 0.2) is 0 Å². The van der Waals surface area contributed by atoms with Crippen molar-refractivity contribution in [1.29, 1.82) is 5.26 Å². The Labute approximate surface area is 116 Å². The number of carboxylic acid groups (broad SMARTS) is 1. The summed E-state index contributed by atoms with van der Waals surface area (Å²) in [5, 5.41) is 26.4. The van der Waals surface area contributed by atoms with Crippen molar-refractivity contribution in [3.05, 3.63) is 16.8 Å². The maximum Gasteiger partial charge on any atom is 0.305 e. The summed E-state index contributed by atoms with van der Waals surface area (Å²) in [5.41, 5.74) is 1.93. The molecule has 1 saturated heterocycles. The average Bonchev–Trinajstić information content (AvgIpc) is 2.42. The SMILES string of the molecule is Cc1nnc(N2CCOCC2CC(=O)O)c(C#N)c1C. The first-order valence-electron chi connectivity index (χ1n) is 6.34. The third-order valence-electron chi connectivity index (χ3n) is 3.46. The molecule has 7 nitrogen and oxygen atoms in total. The fraction of sp³-hybridized carbons (Fsp3) is 0.538. The number of rotatable bonds is 3. The Morgan fingerprint density at radius 2 is 2.30 bits per heavy atom. The number of aryl methyl sites for hydroxylation is 1. The Hall–Kier alpha value is -2.20. The zero-order valence-corrected chi connectivity index (χ0v) is 11.5. The molecule has 1 N–H and O–H groups in total. The van der Waals surface area contributed by atoms with Crippen LogP contribution in [0.1, 0.15) is 23.2 Å². The van der Waals surface area contributed by atoms with Gasteiger partial charge in [0.15, 0.2) is 5.82 Å². The molecule has 7 heteroatoms. The highest BCUT2D eigenvalue weighted by Crippen LogP contribution is 2.25. The standard InChI is InChI=1S/C13H16N4O3/c1-8-9(2)15-16-13(11(8)6-14)17-3-4-20-7-10(17)5-12(18)19/h10H,3-5,7H2,1-2H3,(H,18,19). The van der Waals surface area contributed by atoms with E-state index in [9.17, 15) is 10.1 Å². The summed E-state index contributed by atoms with van der Waals surface area (Å²) in [6.45, 7) is 4.91. The van der Waals surface area contributed by atoms with Gasteiger partial charge < -0.3 is 14.7 Å². The second-order valence-corrected chi connectivity index (χ2v) is 4.74. The third-order valence-corrected chi connectivity index (χ3v) is 3.46. The van der Waals surface area contributed by atoms with E-state index in [1.165, 1.54) is 0 Å². The van der Waals surface area contributed by atoms with Gasteiger partial charge in [0.25, 0.3) is 0 Å².